The molecule has 0 unspecified atom stereocenters. The van der Waals surface area contributed by atoms with Crippen LogP contribution in [0.1, 0.15) is 23.3 Å². The van der Waals surface area contributed by atoms with Gasteiger partial charge in [0.25, 0.3) is 0 Å². The highest BCUT2D eigenvalue weighted by atomic mass is 16.5. The third-order valence-corrected chi connectivity index (χ3v) is 5.00. The summed E-state index contributed by atoms with van der Waals surface area (Å²) >= 11 is 0. The van der Waals surface area contributed by atoms with Gasteiger partial charge < -0.3 is 19.6 Å². The summed E-state index contributed by atoms with van der Waals surface area (Å²) in [6.45, 7) is 0. The van der Waals surface area contributed by atoms with Crippen molar-refractivity contribution in [2.45, 2.75) is 12.8 Å². The Bertz CT molecular complexity index is 1320. The third-order valence-electron chi connectivity index (χ3n) is 5.00. The summed E-state index contributed by atoms with van der Waals surface area (Å²) in [4.78, 5) is 35.3. The first-order valence-corrected chi connectivity index (χ1v) is 9.61. The van der Waals surface area contributed by atoms with E-state index in [1.165, 1.54) is 0 Å². The van der Waals surface area contributed by atoms with Gasteiger partial charge in [0, 0.05) is 29.5 Å². The van der Waals surface area contributed by atoms with Gasteiger partial charge in [0.15, 0.2) is 5.43 Å². The Morgan fingerprint density at radius 2 is 1.97 bits per heavy atom. The molecule has 0 radical (unpaired) electrons. The monoisotopic (exact) mass is 417 g/mol. The fourth-order valence-corrected chi connectivity index (χ4v) is 3.57. The highest BCUT2D eigenvalue weighted by molar-refractivity contribution is 6.03. The summed E-state index contributed by atoms with van der Waals surface area (Å²) in [7, 11) is 1.61. The van der Waals surface area contributed by atoms with Crippen molar-refractivity contribution < 1.29 is 23.8 Å². The van der Waals surface area contributed by atoms with Crippen molar-refractivity contribution in [1.82, 2.24) is 0 Å². The Kier molecular flexibility index (Phi) is 5.41. The molecule has 31 heavy (non-hydrogen) atoms. The number of methoxy groups -OCH3 is 1. The van der Waals surface area contributed by atoms with Crippen molar-refractivity contribution in [2.75, 3.05) is 12.4 Å². The lowest BCUT2D eigenvalue weighted by molar-refractivity contribution is -0.131. The van der Waals surface area contributed by atoms with Crippen LogP contribution in [-0.2, 0) is 16.0 Å². The Balaban J connectivity index is 1.71. The first-order chi connectivity index (χ1) is 14.9. The average molecular weight is 417 g/mol. The number of amides is 1. The fourth-order valence-electron chi connectivity index (χ4n) is 3.57. The lowest BCUT2D eigenvalue weighted by Gasteiger charge is -2.07. The standard InChI is InChI=1S/C24H19NO6/c1-30-17-4-2-3-14(12-17)11-15-5-7-19-23(29)18-8-6-16(13-20(18)31-24(15)19)25-21(26)9-10-22(27)28/h2-4,6,8-13H,5,7H2,1H3,(H,25,26)(H,27,28)/b10-9-,15-11+. The van der Waals surface area contributed by atoms with E-state index in [9.17, 15) is 14.4 Å². The molecule has 0 bridgehead atoms. The van der Waals surface area contributed by atoms with Crippen LogP contribution in [0.3, 0.4) is 0 Å². The summed E-state index contributed by atoms with van der Waals surface area (Å²) in [5.74, 6) is -0.520. The molecule has 0 spiro atoms. The number of anilines is 1. The Morgan fingerprint density at radius 1 is 1.13 bits per heavy atom. The van der Waals surface area contributed by atoms with Crippen LogP contribution >= 0.6 is 0 Å². The summed E-state index contributed by atoms with van der Waals surface area (Å²) < 4.78 is 11.4. The number of ether oxygens (including phenoxy) is 1. The number of allylic oxidation sites excluding steroid dienone is 1. The Hall–Kier alpha value is -4.13. The molecule has 7 heteroatoms. The van der Waals surface area contributed by atoms with E-state index in [0.717, 1.165) is 29.0 Å². The zero-order chi connectivity index (χ0) is 22.0. The molecular weight excluding hydrogens is 398 g/mol. The van der Waals surface area contributed by atoms with Crippen LogP contribution in [0.25, 0.3) is 22.6 Å². The van der Waals surface area contributed by atoms with E-state index < -0.39 is 11.9 Å². The number of rotatable bonds is 5. The van der Waals surface area contributed by atoms with Gasteiger partial charge in [0.1, 0.15) is 17.1 Å². The quantitative estimate of drug-likeness (QED) is 0.611. The van der Waals surface area contributed by atoms with Gasteiger partial charge in [-0.3, -0.25) is 9.59 Å². The average Bonchev–Trinajstić information content (AvgIpc) is 3.15. The van der Waals surface area contributed by atoms with Gasteiger partial charge >= 0.3 is 5.97 Å². The predicted molar refractivity (Wildman–Crippen MR) is 117 cm³/mol. The molecule has 0 atom stereocenters. The van der Waals surface area contributed by atoms with E-state index in [1.807, 2.05) is 30.3 Å². The minimum Gasteiger partial charge on any atom is -0.497 e. The summed E-state index contributed by atoms with van der Waals surface area (Å²) in [5, 5.41) is 11.6. The van der Waals surface area contributed by atoms with E-state index in [2.05, 4.69) is 5.32 Å². The molecule has 4 rings (SSSR count). The van der Waals surface area contributed by atoms with Gasteiger partial charge in [0.2, 0.25) is 5.91 Å². The van der Waals surface area contributed by atoms with Crippen LogP contribution < -0.4 is 15.5 Å². The molecule has 0 aliphatic heterocycles. The number of carboxylic acid groups (broad SMARTS) is 1. The maximum atomic E-state index is 13.0. The van der Waals surface area contributed by atoms with Gasteiger partial charge in [-0.2, -0.15) is 0 Å². The smallest absolute Gasteiger partial charge is 0.328 e. The highest BCUT2D eigenvalue weighted by Gasteiger charge is 2.24. The van der Waals surface area contributed by atoms with E-state index in [4.69, 9.17) is 14.3 Å². The van der Waals surface area contributed by atoms with Gasteiger partial charge in [0.05, 0.1) is 12.5 Å². The third kappa shape index (κ3) is 4.25. The lowest BCUT2D eigenvalue weighted by Crippen LogP contribution is -2.11. The summed E-state index contributed by atoms with van der Waals surface area (Å²) in [5.41, 5.74) is 3.16. The number of carbonyl (C=O) groups excluding carboxylic acids is 1. The van der Waals surface area contributed by atoms with Crippen LogP contribution in [0.2, 0.25) is 0 Å². The zero-order valence-corrected chi connectivity index (χ0v) is 16.7. The minimum absolute atomic E-state index is 0.0889. The highest BCUT2D eigenvalue weighted by Crippen LogP contribution is 2.35. The van der Waals surface area contributed by atoms with Gasteiger partial charge in [-0.25, -0.2) is 4.79 Å². The van der Waals surface area contributed by atoms with Gasteiger partial charge in [-0.1, -0.05) is 12.1 Å². The van der Waals surface area contributed by atoms with Crippen molar-refractivity contribution in [1.29, 1.82) is 0 Å². The van der Waals surface area contributed by atoms with Crippen molar-refractivity contribution >= 4 is 40.2 Å². The summed E-state index contributed by atoms with van der Waals surface area (Å²) in [6.07, 6.45) is 4.93. The fraction of sp³-hybridized carbons (Fsp3) is 0.125. The van der Waals surface area contributed by atoms with E-state index >= 15 is 0 Å². The molecular formula is C24H19NO6. The van der Waals surface area contributed by atoms with Crippen LogP contribution in [0.15, 0.2) is 63.8 Å². The molecule has 1 aliphatic carbocycles. The molecule has 7 nitrogen and oxygen atoms in total. The molecule has 0 fully saturated rings. The maximum absolute atomic E-state index is 13.0. The molecule has 2 aromatic carbocycles. The van der Waals surface area contributed by atoms with Crippen LogP contribution in [-0.4, -0.2) is 24.1 Å². The van der Waals surface area contributed by atoms with Gasteiger partial charge in [-0.15, -0.1) is 0 Å². The van der Waals surface area contributed by atoms with Crippen LogP contribution in [0.5, 0.6) is 5.75 Å². The number of carbonyl (C=O) groups is 2. The molecule has 3 aromatic rings. The van der Waals surface area contributed by atoms with E-state index in [-0.39, 0.29) is 5.43 Å². The first-order valence-electron chi connectivity index (χ1n) is 9.61. The lowest BCUT2D eigenvalue weighted by atomic mass is 10.1. The number of hydrogen-bond donors (Lipinski definition) is 2. The topological polar surface area (TPSA) is 106 Å². The summed E-state index contributed by atoms with van der Waals surface area (Å²) in [6, 6.07) is 12.4. The molecule has 156 valence electrons. The maximum Gasteiger partial charge on any atom is 0.328 e. The van der Waals surface area contributed by atoms with Crippen molar-refractivity contribution in [3.63, 3.8) is 0 Å². The van der Waals surface area contributed by atoms with E-state index in [1.54, 1.807) is 25.3 Å². The molecule has 1 amide bonds. The van der Waals surface area contributed by atoms with Crippen molar-refractivity contribution in [3.8, 4) is 5.75 Å². The number of nitrogens with one attached hydrogen (secondary N) is 1. The van der Waals surface area contributed by atoms with E-state index in [0.29, 0.717) is 40.8 Å². The van der Waals surface area contributed by atoms with Crippen LogP contribution in [0.4, 0.5) is 5.69 Å². The predicted octanol–water partition coefficient (Wildman–Crippen LogP) is 3.87. The van der Waals surface area contributed by atoms with Crippen LogP contribution in [0, 0.1) is 0 Å². The number of aliphatic carboxylic acids is 1. The number of fused-ring (bicyclic) bond motifs is 2. The largest absolute Gasteiger partial charge is 0.497 e. The molecule has 1 aromatic heterocycles. The molecule has 1 heterocycles. The van der Waals surface area contributed by atoms with Crippen molar-refractivity contribution in [3.05, 3.63) is 81.7 Å². The SMILES string of the molecule is COc1cccc(/C=C2\CCc3c2oc2cc(NC(=O)/C=C\C(=O)O)ccc2c3=O)c1. The number of hydrogen-bond acceptors (Lipinski definition) is 5. The van der Waals surface area contributed by atoms with Crippen molar-refractivity contribution in [2.24, 2.45) is 0 Å². The Labute approximate surface area is 177 Å². The minimum atomic E-state index is -1.22. The molecule has 0 saturated heterocycles. The second kappa shape index (κ2) is 8.31. The second-order valence-electron chi connectivity index (χ2n) is 7.06. The normalized spacial score (nSPS) is 14.2. The molecule has 2 N–H and O–H groups in total. The second-order valence-corrected chi connectivity index (χ2v) is 7.06. The first kappa shape index (κ1) is 20.2. The number of benzene rings is 2. The molecule has 0 saturated carbocycles. The Morgan fingerprint density at radius 3 is 2.74 bits per heavy atom. The molecule has 1 aliphatic rings. The number of carboxylic acids is 1. The zero-order valence-electron chi connectivity index (χ0n) is 16.7. The van der Waals surface area contributed by atoms with Gasteiger partial charge in [-0.05, 0) is 54.3 Å².